The van der Waals surface area contributed by atoms with Gasteiger partial charge in [-0.15, -0.1) is 0 Å². The van der Waals surface area contributed by atoms with Crippen molar-refractivity contribution in [2.45, 2.75) is 6.92 Å². The highest BCUT2D eigenvalue weighted by Gasteiger charge is 2.21. The normalized spacial score (nSPS) is 10.0. The third kappa shape index (κ3) is 4.59. The number of nitro groups is 3. The summed E-state index contributed by atoms with van der Waals surface area (Å²) in [6.45, 7) is 1.48. The number of anilines is 1. The molecule has 0 spiro atoms. The molecule has 2 aromatic rings. The Kier molecular flexibility index (Phi) is 5.90. The van der Waals surface area contributed by atoms with Crippen LogP contribution in [-0.2, 0) is 0 Å². The van der Waals surface area contributed by atoms with Crippen molar-refractivity contribution < 1.29 is 19.6 Å². The Hall–Kier alpha value is -4.00. The molecule has 0 aliphatic heterocycles. The maximum Gasteiger partial charge on any atom is 0.277 e. The lowest BCUT2D eigenvalue weighted by atomic mass is 10.1. The molecule has 0 saturated carbocycles. The number of carbonyl (C=O) groups is 1. The standard InChI is InChI=1S/C15H11N5O7S/c1-8-12(3-2-4-13(8)20(26)27)16-15(28)17-14(21)9-5-10(18(22)23)7-11(6-9)19(24)25/h2-7H,1H3,(H2,16,17,21,28). The van der Waals surface area contributed by atoms with E-state index in [-0.39, 0.29) is 27.6 Å². The van der Waals surface area contributed by atoms with Gasteiger partial charge in [0.2, 0.25) is 0 Å². The first-order valence-electron chi connectivity index (χ1n) is 7.40. The molecule has 0 radical (unpaired) electrons. The van der Waals surface area contributed by atoms with Gasteiger partial charge in [0.25, 0.3) is 23.0 Å². The molecule has 0 bridgehead atoms. The quantitative estimate of drug-likeness (QED) is 0.431. The lowest BCUT2D eigenvalue weighted by Gasteiger charge is -2.11. The highest BCUT2D eigenvalue weighted by molar-refractivity contribution is 7.80. The number of nitrogens with one attached hydrogen (secondary N) is 2. The second-order valence-corrected chi connectivity index (χ2v) is 5.78. The third-order valence-corrected chi connectivity index (χ3v) is 3.77. The van der Waals surface area contributed by atoms with E-state index in [0.717, 1.165) is 18.2 Å². The number of non-ortho nitro benzene ring substituents is 2. The minimum atomic E-state index is -0.924. The highest BCUT2D eigenvalue weighted by Crippen LogP contribution is 2.25. The maximum atomic E-state index is 12.3. The van der Waals surface area contributed by atoms with Gasteiger partial charge in [-0.3, -0.25) is 40.5 Å². The number of nitro benzene ring substituents is 3. The molecule has 12 nitrogen and oxygen atoms in total. The van der Waals surface area contributed by atoms with Crippen LogP contribution in [0.1, 0.15) is 15.9 Å². The number of rotatable bonds is 5. The molecule has 0 unspecified atom stereocenters. The second-order valence-electron chi connectivity index (χ2n) is 5.37. The number of hydrogen-bond donors (Lipinski definition) is 2. The summed E-state index contributed by atoms with van der Waals surface area (Å²) < 4.78 is 0. The van der Waals surface area contributed by atoms with Gasteiger partial charge in [-0.2, -0.15) is 0 Å². The fourth-order valence-electron chi connectivity index (χ4n) is 2.22. The molecule has 0 aliphatic rings. The van der Waals surface area contributed by atoms with Gasteiger partial charge >= 0.3 is 0 Å². The van der Waals surface area contributed by atoms with E-state index in [1.54, 1.807) is 0 Å². The van der Waals surface area contributed by atoms with Crippen LogP contribution in [0.5, 0.6) is 0 Å². The van der Waals surface area contributed by atoms with Crippen LogP contribution in [0.25, 0.3) is 0 Å². The number of amides is 1. The van der Waals surface area contributed by atoms with Gasteiger partial charge in [0.05, 0.1) is 37.7 Å². The van der Waals surface area contributed by atoms with Crippen LogP contribution < -0.4 is 10.6 Å². The first-order valence-corrected chi connectivity index (χ1v) is 7.81. The number of thiocarbonyl (C=S) groups is 1. The summed E-state index contributed by atoms with van der Waals surface area (Å²) in [5.74, 6) is -0.924. The van der Waals surface area contributed by atoms with E-state index in [2.05, 4.69) is 10.6 Å². The van der Waals surface area contributed by atoms with Crippen molar-refractivity contribution in [3.8, 4) is 0 Å². The highest BCUT2D eigenvalue weighted by atomic mass is 32.1. The molecular formula is C15H11N5O7S. The van der Waals surface area contributed by atoms with Crippen molar-refractivity contribution in [3.05, 3.63) is 77.9 Å². The number of carbonyl (C=O) groups excluding carboxylic acids is 1. The summed E-state index contributed by atoms with van der Waals surface area (Å²) in [6, 6.07) is 6.66. The molecule has 0 heterocycles. The first kappa shape index (κ1) is 20.3. The largest absolute Gasteiger partial charge is 0.332 e. The smallest absolute Gasteiger partial charge is 0.277 e. The van der Waals surface area contributed by atoms with E-state index in [1.165, 1.54) is 25.1 Å². The van der Waals surface area contributed by atoms with E-state index in [0.29, 0.717) is 0 Å². The molecule has 13 heteroatoms. The Morgan fingerprint density at radius 2 is 1.54 bits per heavy atom. The van der Waals surface area contributed by atoms with Crippen molar-refractivity contribution in [1.29, 1.82) is 0 Å². The van der Waals surface area contributed by atoms with Gasteiger partial charge in [0.15, 0.2) is 5.11 Å². The van der Waals surface area contributed by atoms with E-state index < -0.39 is 32.1 Å². The zero-order valence-electron chi connectivity index (χ0n) is 14.1. The minimum Gasteiger partial charge on any atom is -0.332 e. The van der Waals surface area contributed by atoms with Crippen LogP contribution in [0.4, 0.5) is 22.7 Å². The molecule has 1 amide bonds. The molecule has 2 rings (SSSR count). The van der Waals surface area contributed by atoms with Gasteiger partial charge < -0.3 is 5.32 Å². The number of benzene rings is 2. The molecule has 2 N–H and O–H groups in total. The number of hydrogen-bond acceptors (Lipinski definition) is 8. The molecule has 144 valence electrons. The first-order chi connectivity index (χ1) is 13.1. The summed E-state index contributed by atoms with van der Waals surface area (Å²) in [6.07, 6.45) is 0. The molecule has 28 heavy (non-hydrogen) atoms. The Balaban J connectivity index is 2.23. The van der Waals surface area contributed by atoms with Crippen molar-refractivity contribution in [2.24, 2.45) is 0 Å². The predicted molar refractivity (Wildman–Crippen MR) is 101 cm³/mol. The monoisotopic (exact) mass is 405 g/mol. The lowest BCUT2D eigenvalue weighted by molar-refractivity contribution is -0.394. The summed E-state index contributed by atoms with van der Waals surface area (Å²) in [7, 11) is 0. The van der Waals surface area contributed by atoms with E-state index >= 15 is 0 Å². The predicted octanol–water partition coefficient (Wildman–Crippen LogP) is 2.85. The molecular weight excluding hydrogens is 394 g/mol. The Morgan fingerprint density at radius 1 is 0.964 bits per heavy atom. The molecule has 0 atom stereocenters. The van der Waals surface area contributed by atoms with Crippen molar-refractivity contribution in [2.75, 3.05) is 5.32 Å². The van der Waals surface area contributed by atoms with E-state index in [1.807, 2.05) is 0 Å². The molecule has 0 fully saturated rings. The van der Waals surface area contributed by atoms with Gasteiger partial charge in [0, 0.05) is 18.2 Å². The molecule has 0 aromatic heterocycles. The fraction of sp³-hybridized carbons (Fsp3) is 0.0667. The van der Waals surface area contributed by atoms with Crippen molar-refractivity contribution in [1.82, 2.24) is 5.32 Å². The van der Waals surface area contributed by atoms with Crippen LogP contribution in [0.3, 0.4) is 0 Å². The minimum absolute atomic E-state index is 0.159. The maximum absolute atomic E-state index is 12.3. The van der Waals surface area contributed by atoms with Gasteiger partial charge in [0.1, 0.15) is 0 Å². The van der Waals surface area contributed by atoms with Crippen molar-refractivity contribution in [3.63, 3.8) is 0 Å². The summed E-state index contributed by atoms with van der Waals surface area (Å²) in [5.41, 5.74) is -1.23. The van der Waals surface area contributed by atoms with Crippen LogP contribution >= 0.6 is 12.2 Å². The van der Waals surface area contributed by atoms with Crippen LogP contribution in [0.15, 0.2) is 36.4 Å². The molecule has 0 saturated heterocycles. The zero-order chi connectivity index (χ0) is 21.0. The van der Waals surface area contributed by atoms with Gasteiger partial charge in [-0.1, -0.05) is 6.07 Å². The summed E-state index contributed by atoms with van der Waals surface area (Å²) >= 11 is 4.97. The third-order valence-electron chi connectivity index (χ3n) is 3.56. The SMILES string of the molecule is Cc1c(NC(=S)NC(=O)c2cc([N+](=O)[O-])cc([N+](=O)[O-])c2)cccc1[N+](=O)[O-]. The second kappa shape index (κ2) is 8.13. The molecule has 2 aromatic carbocycles. The zero-order valence-corrected chi connectivity index (χ0v) is 14.9. The summed E-state index contributed by atoms with van der Waals surface area (Å²) in [4.78, 5) is 42.7. The average molecular weight is 405 g/mol. The Bertz CT molecular complexity index is 992. The van der Waals surface area contributed by atoms with Crippen LogP contribution in [0.2, 0.25) is 0 Å². The van der Waals surface area contributed by atoms with Gasteiger partial charge in [-0.25, -0.2) is 0 Å². The van der Waals surface area contributed by atoms with Gasteiger partial charge in [-0.05, 0) is 25.2 Å². The lowest BCUT2D eigenvalue weighted by Crippen LogP contribution is -2.34. The summed E-state index contributed by atoms with van der Waals surface area (Å²) in [5, 5.41) is 37.3. The Morgan fingerprint density at radius 3 is 2.04 bits per heavy atom. The molecule has 0 aliphatic carbocycles. The van der Waals surface area contributed by atoms with E-state index in [9.17, 15) is 35.1 Å². The van der Waals surface area contributed by atoms with Crippen LogP contribution in [-0.4, -0.2) is 25.8 Å². The van der Waals surface area contributed by atoms with Crippen molar-refractivity contribution >= 4 is 46.0 Å². The van der Waals surface area contributed by atoms with E-state index in [4.69, 9.17) is 12.2 Å². The number of nitrogens with zero attached hydrogens (tertiary/aromatic N) is 3. The Labute approximate surface area is 161 Å². The average Bonchev–Trinajstić information content (AvgIpc) is 2.62. The van der Waals surface area contributed by atoms with Crippen LogP contribution in [0, 0.1) is 37.3 Å². The fourth-order valence-corrected chi connectivity index (χ4v) is 2.43. The topological polar surface area (TPSA) is 171 Å².